The van der Waals surface area contributed by atoms with Crippen molar-refractivity contribution in [2.45, 2.75) is 12.8 Å². The van der Waals surface area contributed by atoms with Crippen LogP contribution in [0.5, 0.6) is 5.75 Å². The van der Waals surface area contributed by atoms with Gasteiger partial charge in [0.1, 0.15) is 5.75 Å². The Morgan fingerprint density at radius 1 is 1.15 bits per heavy atom. The van der Waals surface area contributed by atoms with E-state index in [-0.39, 0.29) is 5.75 Å². The lowest BCUT2D eigenvalue weighted by molar-refractivity contribution is -0.274. The highest BCUT2D eigenvalue weighted by molar-refractivity contribution is 7.09. The molecule has 0 saturated carbocycles. The first kappa shape index (κ1) is 20.5. The van der Waals surface area contributed by atoms with Gasteiger partial charge in [0, 0.05) is 17.5 Å². The van der Waals surface area contributed by atoms with Crippen molar-refractivity contribution >= 4 is 29.3 Å². The Hall–Kier alpha value is -2.81. The minimum absolute atomic E-state index is 0.360. The van der Waals surface area contributed by atoms with E-state index in [1.807, 2.05) is 17.5 Å². The highest BCUT2D eigenvalue weighted by atomic mass is 32.1. The average molecular weight is 399 g/mol. The molecule has 0 saturated heterocycles. The molecule has 0 fully saturated rings. The molecule has 0 bridgehead atoms. The summed E-state index contributed by atoms with van der Waals surface area (Å²) in [5, 5.41) is 4.58. The van der Waals surface area contributed by atoms with Crippen LogP contribution in [-0.4, -0.2) is 31.4 Å². The zero-order chi connectivity index (χ0) is 19.7. The van der Waals surface area contributed by atoms with Gasteiger partial charge in [0.05, 0.1) is 0 Å². The zero-order valence-electron chi connectivity index (χ0n) is 14.0. The molecule has 0 radical (unpaired) electrons. The summed E-state index contributed by atoms with van der Waals surface area (Å²) >= 11 is 1.59. The smallest absolute Gasteiger partial charge is 0.452 e. The van der Waals surface area contributed by atoms with Gasteiger partial charge in [-0.2, -0.15) is 0 Å². The number of carbonyl (C=O) groups is 2. The zero-order valence-corrected chi connectivity index (χ0v) is 14.8. The summed E-state index contributed by atoms with van der Waals surface area (Å²) < 4.78 is 44.7. The second-order valence-electron chi connectivity index (χ2n) is 5.24. The number of amides is 1. The molecule has 1 aromatic carbocycles. The molecule has 0 aliphatic rings. The Morgan fingerprint density at radius 3 is 2.52 bits per heavy atom. The van der Waals surface area contributed by atoms with E-state index in [1.54, 1.807) is 11.3 Å². The van der Waals surface area contributed by atoms with Gasteiger partial charge < -0.3 is 14.8 Å². The topological polar surface area (TPSA) is 64.6 Å². The van der Waals surface area contributed by atoms with Crippen LogP contribution in [-0.2, 0) is 20.7 Å². The molecule has 1 aromatic heterocycles. The fourth-order valence-corrected chi connectivity index (χ4v) is 2.67. The monoisotopic (exact) mass is 399 g/mol. The van der Waals surface area contributed by atoms with Gasteiger partial charge in [0.2, 0.25) is 0 Å². The number of benzene rings is 1. The van der Waals surface area contributed by atoms with Crippen molar-refractivity contribution in [1.29, 1.82) is 0 Å². The third-order valence-electron chi connectivity index (χ3n) is 3.14. The largest absolute Gasteiger partial charge is 0.573 e. The minimum Gasteiger partial charge on any atom is -0.452 e. The van der Waals surface area contributed by atoms with Crippen molar-refractivity contribution in [3.8, 4) is 5.75 Å². The average Bonchev–Trinajstić information content (AvgIpc) is 3.11. The summed E-state index contributed by atoms with van der Waals surface area (Å²) in [7, 11) is 0. The minimum atomic E-state index is -4.76. The second kappa shape index (κ2) is 9.77. The van der Waals surface area contributed by atoms with Gasteiger partial charge in [0.15, 0.2) is 6.61 Å². The third-order valence-corrected chi connectivity index (χ3v) is 4.08. The number of halogens is 3. The van der Waals surface area contributed by atoms with Crippen LogP contribution in [0.4, 0.5) is 13.2 Å². The molecule has 0 atom stereocenters. The standard InChI is InChI=1S/C18H16F3NO4S/c19-18(20,21)26-14-6-3-13(4-7-14)5-8-17(24)25-12-16(23)22-10-9-15-2-1-11-27-15/h1-8,11H,9-10,12H2,(H,22,23)/b8-5+. The summed E-state index contributed by atoms with van der Waals surface area (Å²) in [6.07, 6.45) is -1.62. The predicted octanol–water partition coefficient (Wildman–Crippen LogP) is 3.56. The van der Waals surface area contributed by atoms with Crippen LogP contribution in [0.25, 0.3) is 6.08 Å². The van der Waals surface area contributed by atoms with Crippen molar-refractivity contribution in [2.24, 2.45) is 0 Å². The number of rotatable bonds is 8. The number of hydrogen-bond acceptors (Lipinski definition) is 5. The van der Waals surface area contributed by atoms with Gasteiger partial charge in [-0.1, -0.05) is 18.2 Å². The maximum absolute atomic E-state index is 12.1. The van der Waals surface area contributed by atoms with Crippen molar-refractivity contribution < 1.29 is 32.2 Å². The van der Waals surface area contributed by atoms with E-state index in [9.17, 15) is 22.8 Å². The molecule has 0 aliphatic carbocycles. The van der Waals surface area contributed by atoms with Crippen LogP contribution < -0.4 is 10.1 Å². The summed E-state index contributed by atoms with van der Waals surface area (Å²) in [5.74, 6) is -1.51. The van der Waals surface area contributed by atoms with Crippen LogP contribution in [0, 0.1) is 0 Å². The Labute approximate surface area is 157 Å². The molecule has 2 aromatic rings. The van der Waals surface area contributed by atoms with E-state index < -0.39 is 24.8 Å². The number of carbonyl (C=O) groups excluding carboxylic acids is 2. The maximum atomic E-state index is 12.1. The summed E-state index contributed by atoms with van der Waals surface area (Å²) in [4.78, 5) is 24.3. The van der Waals surface area contributed by atoms with E-state index in [1.165, 1.54) is 18.2 Å². The first-order valence-corrected chi connectivity index (χ1v) is 8.69. The Kier molecular flexibility index (Phi) is 7.42. The molecule has 1 N–H and O–H groups in total. The SMILES string of the molecule is O=C(COC(=O)/C=C/c1ccc(OC(F)(F)F)cc1)NCCc1cccs1. The first-order valence-electron chi connectivity index (χ1n) is 7.81. The molecule has 9 heteroatoms. The van der Waals surface area contributed by atoms with Crippen LogP contribution >= 0.6 is 11.3 Å². The van der Waals surface area contributed by atoms with Gasteiger partial charge >= 0.3 is 12.3 Å². The summed E-state index contributed by atoms with van der Waals surface area (Å²) in [6.45, 7) is 0.0328. The molecule has 0 aliphatic heterocycles. The van der Waals surface area contributed by atoms with E-state index in [0.29, 0.717) is 18.5 Å². The molecule has 2 rings (SSSR count). The fourth-order valence-electron chi connectivity index (χ4n) is 1.96. The molecule has 0 unspecified atom stereocenters. The number of nitrogens with one attached hydrogen (secondary N) is 1. The van der Waals surface area contributed by atoms with Gasteiger partial charge in [-0.05, 0) is 41.6 Å². The number of ether oxygens (including phenoxy) is 2. The number of alkyl halides is 3. The quantitative estimate of drug-likeness (QED) is 0.545. The molecule has 27 heavy (non-hydrogen) atoms. The molecule has 5 nitrogen and oxygen atoms in total. The van der Waals surface area contributed by atoms with Crippen molar-refractivity contribution in [3.05, 3.63) is 58.3 Å². The lowest BCUT2D eigenvalue weighted by Crippen LogP contribution is -2.30. The number of hydrogen-bond donors (Lipinski definition) is 1. The van der Waals surface area contributed by atoms with Gasteiger partial charge in [-0.15, -0.1) is 24.5 Å². The number of thiophene rings is 1. The second-order valence-corrected chi connectivity index (χ2v) is 6.27. The lowest BCUT2D eigenvalue weighted by Gasteiger charge is -2.08. The van der Waals surface area contributed by atoms with E-state index >= 15 is 0 Å². The van der Waals surface area contributed by atoms with Crippen LogP contribution in [0.15, 0.2) is 47.9 Å². The van der Waals surface area contributed by atoms with Crippen molar-refractivity contribution in [3.63, 3.8) is 0 Å². The molecular weight excluding hydrogens is 383 g/mol. The van der Waals surface area contributed by atoms with Gasteiger partial charge in [-0.25, -0.2) is 4.79 Å². The van der Waals surface area contributed by atoms with Crippen LogP contribution in [0.2, 0.25) is 0 Å². The molecule has 1 heterocycles. The summed E-state index contributed by atoms with van der Waals surface area (Å²) in [6, 6.07) is 8.83. The highest BCUT2D eigenvalue weighted by Gasteiger charge is 2.30. The Morgan fingerprint density at radius 2 is 1.89 bits per heavy atom. The fraction of sp³-hybridized carbons (Fsp3) is 0.222. The van der Waals surface area contributed by atoms with Crippen molar-refractivity contribution in [1.82, 2.24) is 5.32 Å². The predicted molar refractivity (Wildman–Crippen MR) is 94.2 cm³/mol. The van der Waals surface area contributed by atoms with E-state index in [2.05, 4.69) is 10.1 Å². The van der Waals surface area contributed by atoms with Gasteiger partial charge in [-0.3, -0.25) is 4.79 Å². The molecular formula is C18H16F3NO4S. The summed E-state index contributed by atoms with van der Waals surface area (Å²) in [5.41, 5.74) is 0.474. The molecule has 0 spiro atoms. The van der Waals surface area contributed by atoms with E-state index in [4.69, 9.17) is 4.74 Å². The molecule has 144 valence electrons. The van der Waals surface area contributed by atoms with E-state index in [0.717, 1.165) is 23.1 Å². The Balaban J connectivity index is 1.69. The number of esters is 1. The molecule has 1 amide bonds. The van der Waals surface area contributed by atoms with Crippen molar-refractivity contribution in [2.75, 3.05) is 13.2 Å². The van der Waals surface area contributed by atoms with Gasteiger partial charge in [0.25, 0.3) is 5.91 Å². The normalized spacial score (nSPS) is 11.4. The van der Waals surface area contributed by atoms with Crippen LogP contribution in [0.1, 0.15) is 10.4 Å². The van der Waals surface area contributed by atoms with Crippen LogP contribution in [0.3, 0.4) is 0 Å². The Bertz CT molecular complexity index is 771. The highest BCUT2D eigenvalue weighted by Crippen LogP contribution is 2.22. The first-order chi connectivity index (χ1) is 12.8. The lowest BCUT2D eigenvalue weighted by atomic mass is 10.2. The third kappa shape index (κ3) is 8.41. The maximum Gasteiger partial charge on any atom is 0.573 e.